The Bertz CT molecular complexity index is 1060. The van der Waals surface area contributed by atoms with Crippen LogP contribution in [0.3, 0.4) is 0 Å². The summed E-state index contributed by atoms with van der Waals surface area (Å²) < 4.78 is 2.20. The molecule has 0 spiro atoms. The number of aromatic nitrogens is 3. The molecule has 5 nitrogen and oxygen atoms in total. The molecular formula is C23H28N4OS. The molecule has 0 unspecified atom stereocenters. The fourth-order valence-corrected chi connectivity index (χ4v) is 3.39. The lowest BCUT2D eigenvalue weighted by atomic mass is 9.87. The molecular weight excluding hydrogens is 380 g/mol. The Hall–Kier alpha value is -2.73. The van der Waals surface area contributed by atoms with Gasteiger partial charge in [-0.05, 0) is 41.7 Å². The molecule has 6 heteroatoms. The second kappa shape index (κ2) is 8.33. The number of rotatable bonds is 5. The number of likely N-dealkylation sites (N-methyl/N-ethyl adjacent to an activating group) is 1. The number of benzene rings is 2. The van der Waals surface area contributed by atoms with Gasteiger partial charge in [-0.25, -0.2) is 0 Å². The predicted molar refractivity (Wildman–Crippen MR) is 119 cm³/mol. The van der Waals surface area contributed by atoms with Gasteiger partial charge in [0, 0.05) is 19.2 Å². The minimum atomic E-state index is -0.0173. The monoisotopic (exact) mass is 408 g/mol. The number of aromatic amines is 1. The average molecular weight is 409 g/mol. The van der Waals surface area contributed by atoms with Crippen molar-refractivity contribution < 1.29 is 4.79 Å². The van der Waals surface area contributed by atoms with E-state index in [4.69, 9.17) is 12.2 Å². The summed E-state index contributed by atoms with van der Waals surface area (Å²) in [6.07, 6.45) is 0. The molecule has 0 radical (unpaired) electrons. The SMILES string of the molecule is Cc1cccc(-c2n[nH]c(=S)n2CC(=O)N(C)Cc2ccc(C(C)(C)C)cc2)c1. The largest absolute Gasteiger partial charge is 0.340 e. The molecule has 1 N–H and O–H groups in total. The lowest BCUT2D eigenvalue weighted by molar-refractivity contribution is -0.131. The maximum absolute atomic E-state index is 12.9. The molecule has 0 aliphatic heterocycles. The number of hydrogen-bond donors (Lipinski definition) is 1. The Labute approximate surface area is 177 Å². The van der Waals surface area contributed by atoms with Gasteiger partial charge in [-0.2, -0.15) is 5.10 Å². The van der Waals surface area contributed by atoms with E-state index in [0.29, 0.717) is 17.1 Å². The number of H-pyrrole nitrogens is 1. The zero-order chi connectivity index (χ0) is 21.2. The molecule has 0 saturated heterocycles. The van der Waals surface area contributed by atoms with Gasteiger partial charge in [-0.3, -0.25) is 14.5 Å². The van der Waals surface area contributed by atoms with Crippen molar-refractivity contribution in [2.45, 2.75) is 46.2 Å². The average Bonchev–Trinajstić information content (AvgIpc) is 3.02. The van der Waals surface area contributed by atoms with Gasteiger partial charge in [0.1, 0.15) is 6.54 Å². The number of amides is 1. The molecule has 3 rings (SSSR count). The topological polar surface area (TPSA) is 53.9 Å². The minimum absolute atomic E-state index is 0.0173. The van der Waals surface area contributed by atoms with Gasteiger partial charge in [-0.1, -0.05) is 68.8 Å². The van der Waals surface area contributed by atoms with Gasteiger partial charge >= 0.3 is 0 Å². The van der Waals surface area contributed by atoms with E-state index in [1.54, 1.807) is 9.47 Å². The van der Waals surface area contributed by atoms with Crippen molar-refractivity contribution in [2.24, 2.45) is 0 Å². The van der Waals surface area contributed by atoms with Crippen LogP contribution in [0.5, 0.6) is 0 Å². The quantitative estimate of drug-likeness (QED) is 0.613. The first-order valence-corrected chi connectivity index (χ1v) is 10.1. The molecule has 0 atom stereocenters. The first-order chi connectivity index (χ1) is 13.6. The summed E-state index contributed by atoms with van der Waals surface area (Å²) in [5, 5.41) is 7.15. The summed E-state index contributed by atoms with van der Waals surface area (Å²) in [6, 6.07) is 16.5. The van der Waals surface area contributed by atoms with E-state index < -0.39 is 0 Å². The number of nitrogens with one attached hydrogen (secondary N) is 1. The van der Waals surface area contributed by atoms with Crippen LogP contribution in [0.25, 0.3) is 11.4 Å². The zero-order valence-electron chi connectivity index (χ0n) is 17.7. The third-order valence-corrected chi connectivity index (χ3v) is 5.31. The number of aryl methyl sites for hydroxylation is 1. The molecule has 1 heterocycles. The van der Waals surface area contributed by atoms with Gasteiger partial charge in [0.25, 0.3) is 0 Å². The van der Waals surface area contributed by atoms with Crippen molar-refractivity contribution in [1.82, 2.24) is 19.7 Å². The van der Waals surface area contributed by atoms with Crippen LogP contribution in [-0.4, -0.2) is 32.6 Å². The van der Waals surface area contributed by atoms with Gasteiger partial charge in [0.15, 0.2) is 10.6 Å². The molecule has 2 aromatic carbocycles. The normalized spacial score (nSPS) is 11.5. The Morgan fingerprint density at radius 3 is 2.48 bits per heavy atom. The first-order valence-electron chi connectivity index (χ1n) is 9.71. The van der Waals surface area contributed by atoms with E-state index in [1.165, 1.54) is 5.56 Å². The molecule has 0 bridgehead atoms. The number of carbonyl (C=O) groups excluding carboxylic acids is 1. The van der Waals surface area contributed by atoms with Gasteiger partial charge in [-0.15, -0.1) is 0 Å². The maximum atomic E-state index is 12.9. The van der Waals surface area contributed by atoms with Crippen molar-refractivity contribution in [3.8, 4) is 11.4 Å². The fraction of sp³-hybridized carbons (Fsp3) is 0.348. The second-order valence-electron chi connectivity index (χ2n) is 8.50. The van der Waals surface area contributed by atoms with E-state index in [2.05, 4.69) is 55.2 Å². The summed E-state index contributed by atoms with van der Waals surface area (Å²) in [5.41, 5.74) is 4.56. The highest BCUT2D eigenvalue weighted by Gasteiger charge is 2.17. The lowest BCUT2D eigenvalue weighted by Gasteiger charge is -2.21. The third-order valence-electron chi connectivity index (χ3n) is 4.99. The molecule has 1 amide bonds. The van der Waals surface area contributed by atoms with Crippen molar-refractivity contribution in [1.29, 1.82) is 0 Å². The molecule has 0 aliphatic carbocycles. The van der Waals surface area contributed by atoms with Crippen molar-refractivity contribution >= 4 is 18.1 Å². The molecule has 0 saturated carbocycles. The highest BCUT2D eigenvalue weighted by atomic mass is 32.1. The molecule has 152 valence electrons. The molecule has 0 fully saturated rings. The summed E-state index contributed by atoms with van der Waals surface area (Å²) in [5.74, 6) is 0.659. The summed E-state index contributed by atoms with van der Waals surface area (Å²) >= 11 is 5.36. The van der Waals surface area contributed by atoms with Crippen molar-refractivity contribution in [3.05, 3.63) is 70.0 Å². The summed E-state index contributed by atoms with van der Waals surface area (Å²) in [4.78, 5) is 14.6. The lowest BCUT2D eigenvalue weighted by Crippen LogP contribution is -2.30. The van der Waals surface area contributed by atoms with Gasteiger partial charge in [0.05, 0.1) is 0 Å². The smallest absolute Gasteiger partial charge is 0.242 e. The Balaban J connectivity index is 1.74. The van der Waals surface area contributed by atoms with E-state index in [1.807, 2.05) is 38.2 Å². The predicted octanol–water partition coefficient (Wildman–Crippen LogP) is 4.87. The van der Waals surface area contributed by atoms with Crippen molar-refractivity contribution in [2.75, 3.05) is 7.05 Å². The van der Waals surface area contributed by atoms with Crippen LogP contribution in [0.4, 0.5) is 0 Å². The van der Waals surface area contributed by atoms with E-state index in [0.717, 1.165) is 16.7 Å². The van der Waals surface area contributed by atoms with Crippen molar-refractivity contribution in [3.63, 3.8) is 0 Å². The highest BCUT2D eigenvalue weighted by Crippen LogP contribution is 2.23. The van der Waals surface area contributed by atoms with Crippen LogP contribution >= 0.6 is 12.2 Å². The Morgan fingerprint density at radius 2 is 1.86 bits per heavy atom. The molecule has 1 aromatic heterocycles. The van der Waals surface area contributed by atoms with Gasteiger partial charge in [0.2, 0.25) is 5.91 Å². The van der Waals surface area contributed by atoms with Crippen LogP contribution < -0.4 is 0 Å². The maximum Gasteiger partial charge on any atom is 0.242 e. The van der Waals surface area contributed by atoms with Gasteiger partial charge < -0.3 is 4.90 Å². The van der Waals surface area contributed by atoms with Crippen LogP contribution in [0, 0.1) is 11.7 Å². The Morgan fingerprint density at radius 1 is 1.17 bits per heavy atom. The van der Waals surface area contributed by atoms with Crippen LogP contribution in [0.15, 0.2) is 48.5 Å². The number of hydrogen-bond acceptors (Lipinski definition) is 3. The van der Waals surface area contributed by atoms with Crippen LogP contribution in [0.2, 0.25) is 0 Å². The third kappa shape index (κ3) is 5.01. The summed E-state index contributed by atoms with van der Waals surface area (Å²) in [6.45, 7) is 9.30. The van der Waals surface area contributed by atoms with E-state index in [-0.39, 0.29) is 17.9 Å². The first kappa shape index (κ1) is 21.0. The molecule has 3 aromatic rings. The summed E-state index contributed by atoms with van der Waals surface area (Å²) in [7, 11) is 1.82. The highest BCUT2D eigenvalue weighted by molar-refractivity contribution is 7.71. The van der Waals surface area contributed by atoms with Crippen LogP contribution in [-0.2, 0) is 23.3 Å². The second-order valence-corrected chi connectivity index (χ2v) is 8.89. The number of carbonyl (C=O) groups is 1. The fourth-order valence-electron chi connectivity index (χ4n) is 3.20. The minimum Gasteiger partial charge on any atom is -0.340 e. The molecule has 0 aliphatic rings. The van der Waals surface area contributed by atoms with E-state index in [9.17, 15) is 4.79 Å². The Kier molecular flexibility index (Phi) is 6.03. The molecule has 29 heavy (non-hydrogen) atoms. The van der Waals surface area contributed by atoms with Crippen LogP contribution in [0.1, 0.15) is 37.5 Å². The zero-order valence-corrected chi connectivity index (χ0v) is 18.5. The number of nitrogens with zero attached hydrogens (tertiary/aromatic N) is 3. The van der Waals surface area contributed by atoms with E-state index >= 15 is 0 Å². The standard InChI is InChI=1S/C23H28N4OS/c1-16-7-6-8-18(13-16)21-24-25-22(29)27(21)15-20(28)26(5)14-17-9-11-19(12-10-17)23(2,3)4/h6-13H,14-15H2,1-5H3,(H,25,29).